The van der Waals surface area contributed by atoms with Crippen LogP contribution in [0.4, 0.5) is 0 Å². The first kappa shape index (κ1) is 15.3. The Morgan fingerprint density at radius 2 is 2.41 bits per heavy atom. The molecule has 120 valence electrons. The topological polar surface area (TPSA) is 56.2 Å². The number of hydrogen-bond acceptors (Lipinski definition) is 3. The van der Waals surface area contributed by atoms with Crippen molar-refractivity contribution in [2.75, 3.05) is 13.2 Å². The SMILES string of the molecule is Cn1nccc1[C@@H]1OCC[C@H]1C(=O)NCCC1=CCCCC1. The number of carbonyl (C=O) groups is 1. The number of ether oxygens (including phenoxy) is 1. The van der Waals surface area contributed by atoms with E-state index in [1.54, 1.807) is 10.9 Å². The van der Waals surface area contributed by atoms with E-state index in [-0.39, 0.29) is 17.9 Å². The van der Waals surface area contributed by atoms with Crippen molar-refractivity contribution in [3.8, 4) is 0 Å². The molecule has 1 fully saturated rings. The van der Waals surface area contributed by atoms with Crippen LogP contribution in [0.5, 0.6) is 0 Å². The largest absolute Gasteiger partial charge is 0.371 e. The van der Waals surface area contributed by atoms with E-state index in [9.17, 15) is 4.79 Å². The third-order valence-electron chi connectivity index (χ3n) is 4.71. The fourth-order valence-corrected chi connectivity index (χ4v) is 3.42. The molecule has 0 bridgehead atoms. The number of nitrogens with zero attached hydrogens (tertiary/aromatic N) is 2. The smallest absolute Gasteiger partial charge is 0.226 e. The van der Waals surface area contributed by atoms with E-state index < -0.39 is 0 Å². The maximum absolute atomic E-state index is 12.5. The second-order valence-corrected chi connectivity index (χ2v) is 6.22. The van der Waals surface area contributed by atoms with Crippen LogP contribution in [-0.2, 0) is 16.6 Å². The average molecular weight is 303 g/mol. The Labute approximate surface area is 131 Å². The van der Waals surface area contributed by atoms with Gasteiger partial charge in [-0.15, -0.1) is 0 Å². The summed E-state index contributed by atoms with van der Waals surface area (Å²) in [6, 6.07) is 1.93. The highest BCUT2D eigenvalue weighted by molar-refractivity contribution is 5.79. The minimum Gasteiger partial charge on any atom is -0.371 e. The van der Waals surface area contributed by atoms with Gasteiger partial charge in [-0.05, 0) is 44.6 Å². The summed E-state index contributed by atoms with van der Waals surface area (Å²) in [5, 5.41) is 7.27. The van der Waals surface area contributed by atoms with Gasteiger partial charge in [-0.3, -0.25) is 9.48 Å². The van der Waals surface area contributed by atoms with Crippen LogP contribution in [0.25, 0.3) is 0 Å². The molecule has 1 aliphatic carbocycles. The molecule has 2 heterocycles. The minimum absolute atomic E-state index is 0.101. The predicted molar refractivity (Wildman–Crippen MR) is 84.2 cm³/mol. The Morgan fingerprint density at radius 3 is 3.14 bits per heavy atom. The molecular weight excluding hydrogens is 278 g/mol. The van der Waals surface area contributed by atoms with E-state index in [1.807, 2.05) is 13.1 Å². The van der Waals surface area contributed by atoms with Crippen molar-refractivity contribution in [1.29, 1.82) is 0 Å². The monoisotopic (exact) mass is 303 g/mol. The summed E-state index contributed by atoms with van der Waals surface area (Å²) in [7, 11) is 1.89. The number of hydrogen-bond donors (Lipinski definition) is 1. The van der Waals surface area contributed by atoms with E-state index in [0.29, 0.717) is 6.61 Å². The number of carbonyl (C=O) groups excluding carboxylic acids is 1. The summed E-state index contributed by atoms with van der Waals surface area (Å²) in [6.45, 7) is 1.37. The third kappa shape index (κ3) is 3.40. The van der Waals surface area contributed by atoms with E-state index in [1.165, 1.54) is 31.3 Å². The van der Waals surface area contributed by atoms with Crippen molar-refractivity contribution in [2.45, 2.75) is 44.6 Å². The molecule has 1 saturated heterocycles. The summed E-state index contributed by atoms with van der Waals surface area (Å²) in [6.07, 6.45) is 10.7. The van der Waals surface area contributed by atoms with E-state index in [2.05, 4.69) is 16.5 Å². The van der Waals surface area contributed by atoms with Crippen LogP contribution in [0, 0.1) is 5.92 Å². The number of allylic oxidation sites excluding steroid dienone is 1. The molecule has 0 spiro atoms. The lowest BCUT2D eigenvalue weighted by Crippen LogP contribution is -2.33. The van der Waals surface area contributed by atoms with E-state index >= 15 is 0 Å². The quantitative estimate of drug-likeness (QED) is 0.850. The van der Waals surface area contributed by atoms with Crippen LogP contribution >= 0.6 is 0 Å². The summed E-state index contributed by atoms with van der Waals surface area (Å²) in [5.74, 6) is 0.0100. The molecule has 3 rings (SSSR count). The van der Waals surface area contributed by atoms with Crippen molar-refractivity contribution < 1.29 is 9.53 Å². The lowest BCUT2D eigenvalue weighted by Gasteiger charge is -2.19. The second kappa shape index (κ2) is 7.09. The first-order valence-corrected chi connectivity index (χ1v) is 8.31. The normalized spacial score (nSPS) is 25.0. The highest BCUT2D eigenvalue weighted by Gasteiger charge is 2.36. The van der Waals surface area contributed by atoms with Gasteiger partial charge < -0.3 is 10.1 Å². The van der Waals surface area contributed by atoms with Crippen LogP contribution in [0.1, 0.15) is 50.3 Å². The molecule has 0 aromatic carbocycles. The van der Waals surface area contributed by atoms with Gasteiger partial charge >= 0.3 is 0 Å². The molecule has 2 atom stereocenters. The molecule has 5 nitrogen and oxygen atoms in total. The molecule has 0 unspecified atom stereocenters. The Hall–Kier alpha value is -1.62. The molecule has 1 aliphatic heterocycles. The Morgan fingerprint density at radius 1 is 1.50 bits per heavy atom. The number of aryl methyl sites for hydroxylation is 1. The van der Waals surface area contributed by atoms with E-state index in [4.69, 9.17) is 4.74 Å². The molecule has 0 radical (unpaired) electrons. The van der Waals surface area contributed by atoms with Gasteiger partial charge in [0.2, 0.25) is 5.91 Å². The molecule has 5 heteroatoms. The van der Waals surface area contributed by atoms with Crippen molar-refractivity contribution >= 4 is 5.91 Å². The van der Waals surface area contributed by atoms with Crippen molar-refractivity contribution in [3.05, 3.63) is 29.6 Å². The van der Waals surface area contributed by atoms with Crippen molar-refractivity contribution in [1.82, 2.24) is 15.1 Å². The Bertz CT molecular complexity index is 550. The van der Waals surface area contributed by atoms with Crippen LogP contribution in [0.2, 0.25) is 0 Å². The first-order valence-electron chi connectivity index (χ1n) is 8.31. The number of amides is 1. The number of aromatic nitrogens is 2. The zero-order valence-electron chi connectivity index (χ0n) is 13.3. The van der Waals surface area contributed by atoms with Gasteiger partial charge in [-0.25, -0.2) is 0 Å². The number of nitrogens with one attached hydrogen (secondary N) is 1. The van der Waals surface area contributed by atoms with Gasteiger partial charge in [0.25, 0.3) is 0 Å². The molecule has 22 heavy (non-hydrogen) atoms. The summed E-state index contributed by atoms with van der Waals surface area (Å²) < 4.78 is 7.57. The number of rotatable bonds is 5. The zero-order valence-corrected chi connectivity index (χ0v) is 13.3. The lowest BCUT2D eigenvalue weighted by atomic mass is 9.96. The van der Waals surface area contributed by atoms with Gasteiger partial charge in [-0.1, -0.05) is 11.6 Å². The Kier molecular flexibility index (Phi) is 4.93. The summed E-state index contributed by atoms with van der Waals surface area (Å²) >= 11 is 0. The fraction of sp³-hybridized carbons (Fsp3) is 0.647. The van der Waals surface area contributed by atoms with Crippen LogP contribution in [-0.4, -0.2) is 28.8 Å². The second-order valence-electron chi connectivity index (χ2n) is 6.22. The highest BCUT2D eigenvalue weighted by Crippen LogP contribution is 2.34. The molecule has 1 aromatic rings. The minimum atomic E-state index is -0.165. The molecule has 1 aromatic heterocycles. The fourth-order valence-electron chi connectivity index (χ4n) is 3.42. The standard InChI is InChI=1S/C17H25N3O2/c1-20-15(8-11-19-20)16-14(9-12-22-16)17(21)18-10-7-13-5-3-2-4-6-13/h5,8,11,14,16H,2-4,6-7,9-10,12H2,1H3,(H,18,21)/t14-,16-/m1/s1. The molecule has 1 N–H and O–H groups in total. The van der Waals surface area contributed by atoms with Gasteiger partial charge in [-0.2, -0.15) is 5.10 Å². The zero-order chi connectivity index (χ0) is 15.4. The third-order valence-corrected chi connectivity index (χ3v) is 4.71. The lowest BCUT2D eigenvalue weighted by molar-refractivity contribution is -0.126. The van der Waals surface area contributed by atoms with Gasteiger partial charge in [0, 0.05) is 26.4 Å². The molecular formula is C17H25N3O2. The summed E-state index contributed by atoms with van der Waals surface area (Å²) in [4.78, 5) is 12.5. The highest BCUT2D eigenvalue weighted by atomic mass is 16.5. The van der Waals surface area contributed by atoms with Crippen LogP contribution in [0.15, 0.2) is 23.9 Å². The Balaban J connectivity index is 1.53. The average Bonchev–Trinajstić information content (AvgIpc) is 3.16. The molecule has 2 aliphatic rings. The molecule has 0 saturated carbocycles. The maximum atomic E-state index is 12.5. The van der Waals surface area contributed by atoms with Gasteiger partial charge in [0.15, 0.2) is 0 Å². The van der Waals surface area contributed by atoms with E-state index in [0.717, 1.165) is 25.1 Å². The molecule has 1 amide bonds. The van der Waals surface area contributed by atoms with Crippen LogP contribution < -0.4 is 5.32 Å². The van der Waals surface area contributed by atoms with Crippen LogP contribution in [0.3, 0.4) is 0 Å². The van der Waals surface area contributed by atoms with Gasteiger partial charge in [0.05, 0.1) is 11.6 Å². The van der Waals surface area contributed by atoms with Crippen molar-refractivity contribution in [2.24, 2.45) is 13.0 Å². The maximum Gasteiger partial charge on any atom is 0.226 e. The first-order chi connectivity index (χ1) is 10.8. The predicted octanol–water partition coefficient (Wildman–Crippen LogP) is 2.50. The van der Waals surface area contributed by atoms with Gasteiger partial charge in [0.1, 0.15) is 6.10 Å². The van der Waals surface area contributed by atoms with Crippen molar-refractivity contribution in [3.63, 3.8) is 0 Å². The summed E-state index contributed by atoms with van der Waals surface area (Å²) in [5.41, 5.74) is 2.48.